The highest BCUT2D eigenvalue weighted by molar-refractivity contribution is 7.15. The van der Waals surface area contributed by atoms with Crippen molar-refractivity contribution in [2.75, 3.05) is 18.0 Å². The summed E-state index contributed by atoms with van der Waals surface area (Å²) < 4.78 is 0. The number of anilines is 1. The van der Waals surface area contributed by atoms with E-state index in [-0.39, 0.29) is 5.91 Å². The molecule has 1 aromatic heterocycles. The second-order valence-corrected chi connectivity index (χ2v) is 7.63. The maximum Gasteiger partial charge on any atom is 0.220 e. The van der Waals surface area contributed by atoms with E-state index in [1.807, 2.05) is 18.2 Å². The Labute approximate surface area is 147 Å². The fourth-order valence-corrected chi connectivity index (χ4v) is 3.97. The third kappa shape index (κ3) is 4.35. The van der Waals surface area contributed by atoms with Gasteiger partial charge in [0.25, 0.3) is 0 Å². The molecule has 4 nitrogen and oxygen atoms in total. The Morgan fingerprint density at radius 1 is 1.25 bits per heavy atom. The van der Waals surface area contributed by atoms with Gasteiger partial charge in [-0.3, -0.25) is 4.79 Å². The van der Waals surface area contributed by atoms with Crippen molar-refractivity contribution < 1.29 is 4.79 Å². The van der Waals surface area contributed by atoms with Gasteiger partial charge >= 0.3 is 0 Å². The number of thiazole rings is 1. The smallest absolute Gasteiger partial charge is 0.220 e. The van der Waals surface area contributed by atoms with E-state index < -0.39 is 0 Å². The zero-order chi connectivity index (χ0) is 16.9. The molecule has 0 saturated carbocycles. The highest BCUT2D eigenvalue weighted by Crippen LogP contribution is 2.27. The van der Waals surface area contributed by atoms with Crippen molar-refractivity contribution >= 4 is 22.4 Å². The predicted octanol–water partition coefficient (Wildman–Crippen LogP) is 3.48. The molecule has 5 heteroatoms. The Hall–Kier alpha value is -1.88. The molecule has 1 aliphatic heterocycles. The molecule has 1 N–H and O–H groups in total. The number of piperidine rings is 1. The van der Waals surface area contributed by atoms with Gasteiger partial charge in [-0.05, 0) is 38.7 Å². The van der Waals surface area contributed by atoms with Crippen LogP contribution in [0.4, 0.5) is 5.13 Å². The van der Waals surface area contributed by atoms with Crippen LogP contribution < -0.4 is 10.2 Å². The minimum Gasteiger partial charge on any atom is -0.353 e. The fraction of sp³-hybridized carbons (Fsp3) is 0.474. The molecule has 0 aliphatic carbocycles. The first kappa shape index (κ1) is 17.0. The Morgan fingerprint density at radius 2 is 1.96 bits per heavy atom. The molecule has 0 atom stereocenters. The van der Waals surface area contributed by atoms with E-state index in [1.165, 1.54) is 10.4 Å². The van der Waals surface area contributed by atoms with E-state index in [2.05, 4.69) is 41.2 Å². The molecule has 0 unspecified atom stereocenters. The summed E-state index contributed by atoms with van der Waals surface area (Å²) in [4.78, 5) is 20.4. The molecule has 1 fully saturated rings. The van der Waals surface area contributed by atoms with E-state index in [9.17, 15) is 4.79 Å². The van der Waals surface area contributed by atoms with E-state index in [1.54, 1.807) is 11.3 Å². The van der Waals surface area contributed by atoms with Gasteiger partial charge in [0.05, 0.1) is 5.69 Å². The van der Waals surface area contributed by atoms with Crippen molar-refractivity contribution in [3.63, 3.8) is 0 Å². The van der Waals surface area contributed by atoms with Crippen LogP contribution in [0.1, 0.15) is 35.4 Å². The quantitative estimate of drug-likeness (QED) is 0.904. The molecule has 128 valence electrons. The number of hydrogen-bond donors (Lipinski definition) is 1. The third-order valence-electron chi connectivity index (χ3n) is 4.63. The summed E-state index contributed by atoms with van der Waals surface area (Å²) in [5.41, 5.74) is 2.35. The molecule has 0 radical (unpaired) electrons. The zero-order valence-electron chi connectivity index (χ0n) is 14.4. The molecule has 1 aromatic carbocycles. The Balaban J connectivity index is 1.42. The number of amides is 1. The second-order valence-electron chi connectivity index (χ2n) is 6.45. The highest BCUT2D eigenvalue weighted by atomic mass is 32.1. The number of aromatic nitrogens is 1. The standard InChI is InChI=1S/C19H25N3OS/c1-14-15(2)24-19(20-14)22-12-10-17(11-13-22)21-18(23)9-8-16-6-4-3-5-7-16/h3-7,17H,8-13H2,1-2H3,(H,21,23). The number of nitrogens with one attached hydrogen (secondary N) is 1. The molecule has 3 rings (SSSR count). The lowest BCUT2D eigenvalue weighted by molar-refractivity contribution is -0.121. The van der Waals surface area contributed by atoms with E-state index in [0.29, 0.717) is 12.5 Å². The Morgan fingerprint density at radius 3 is 2.58 bits per heavy atom. The second kappa shape index (κ2) is 7.79. The van der Waals surface area contributed by atoms with Gasteiger partial charge in [-0.25, -0.2) is 4.98 Å². The SMILES string of the molecule is Cc1nc(N2CCC(NC(=O)CCc3ccccc3)CC2)sc1C. The van der Waals surface area contributed by atoms with Crippen LogP contribution in [0.2, 0.25) is 0 Å². The van der Waals surface area contributed by atoms with Gasteiger partial charge in [0.1, 0.15) is 0 Å². The number of carbonyl (C=O) groups excluding carboxylic acids is 1. The summed E-state index contributed by atoms with van der Waals surface area (Å²) in [6.45, 7) is 6.12. The van der Waals surface area contributed by atoms with Gasteiger partial charge in [0, 0.05) is 30.4 Å². The largest absolute Gasteiger partial charge is 0.353 e. The van der Waals surface area contributed by atoms with Crippen LogP contribution in [0.25, 0.3) is 0 Å². The van der Waals surface area contributed by atoms with Crippen molar-refractivity contribution in [1.82, 2.24) is 10.3 Å². The summed E-state index contributed by atoms with van der Waals surface area (Å²) in [5.74, 6) is 0.165. The summed E-state index contributed by atoms with van der Waals surface area (Å²) >= 11 is 1.77. The lowest BCUT2D eigenvalue weighted by Crippen LogP contribution is -2.44. The van der Waals surface area contributed by atoms with Gasteiger partial charge in [-0.2, -0.15) is 0 Å². The molecule has 0 spiro atoms. The lowest BCUT2D eigenvalue weighted by Gasteiger charge is -2.32. The van der Waals surface area contributed by atoms with Crippen molar-refractivity contribution in [1.29, 1.82) is 0 Å². The summed E-state index contributed by atoms with van der Waals surface area (Å²) in [6.07, 6.45) is 3.36. The summed E-state index contributed by atoms with van der Waals surface area (Å²) in [7, 11) is 0. The molecule has 1 amide bonds. The number of carbonyl (C=O) groups is 1. The molecular weight excluding hydrogens is 318 g/mol. The molecule has 0 bridgehead atoms. The van der Waals surface area contributed by atoms with Crippen LogP contribution in [0.5, 0.6) is 0 Å². The van der Waals surface area contributed by atoms with Crippen LogP contribution in [-0.2, 0) is 11.2 Å². The average Bonchev–Trinajstić information content (AvgIpc) is 2.94. The summed E-state index contributed by atoms with van der Waals surface area (Å²) in [6, 6.07) is 10.5. The molecule has 2 heterocycles. The van der Waals surface area contributed by atoms with Gasteiger partial charge in [0.2, 0.25) is 5.91 Å². The third-order valence-corrected chi connectivity index (χ3v) is 5.77. The molecule has 24 heavy (non-hydrogen) atoms. The number of aryl methyl sites for hydroxylation is 3. The normalized spacial score (nSPS) is 15.5. The van der Waals surface area contributed by atoms with Crippen LogP contribution in [0, 0.1) is 13.8 Å². The number of benzene rings is 1. The van der Waals surface area contributed by atoms with Crippen LogP contribution >= 0.6 is 11.3 Å². The predicted molar refractivity (Wildman–Crippen MR) is 99.7 cm³/mol. The highest BCUT2D eigenvalue weighted by Gasteiger charge is 2.22. The maximum absolute atomic E-state index is 12.1. The topological polar surface area (TPSA) is 45.2 Å². The maximum atomic E-state index is 12.1. The molecule has 1 saturated heterocycles. The first-order valence-electron chi connectivity index (χ1n) is 8.64. The minimum atomic E-state index is 0.165. The van der Waals surface area contributed by atoms with Crippen LogP contribution in [-0.4, -0.2) is 30.0 Å². The van der Waals surface area contributed by atoms with E-state index in [0.717, 1.165) is 43.2 Å². The fourth-order valence-electron chi connectivity index (χ4n) is 3.01. The van der Waals surface area contributed by atoms with Gasteiger partial charge in [0.15, 0.2) is 5.13 Å². The first-order valence-corrected chi connectivity index (χ1v) is 9.46. The molecule has 2 aromatic rings. The van der Waals surface area contributed by atoms with Crippen molar-refractivity contribution in [3.8, 4) is 0 Å². The minimum absolute atomic E-state index is 0.165. The van der Waals surface area contributed by atoms with E-state index >= 15 is 0 Å². The Bertz CT molecular complexity index is 656. The van der Waals surface area contributed by atoms with Crippen molar-refractivity contribution in [2.45, 2.75) is 45.6 Å². The van der Waals surface area contributed by atoms with E-state index in [4.69, 9.17) is 0 Å². The summed E-state index contributed by atoms with van der Waals surface area (Å²) in [5, 5.41) is 4.32. The van der Waals surface area contributed by atoms with Crippen LogP contribution in [0.3, 0.4) is 0 Å². The van der Waals surface area contributed by atoms with Crippen molar-refractivity contribution in [3.05, 3.63) is 46.5 Å². The van der Waals surface area contributed by atoms with Gasteiger partial charge < -0.3 is 10.2 Å². The zero-order valence-corrected chi connectivity index (χ0v) is 15.2. The van der Waals surface area contributed by atoms with Crippen LogP contribution in [0.15, 0.2) is 30.3 Å². The van der Waals surface area contributed by atoms with Gasteiger partial charge in [-0.15, -0.1) is 11.3 Å². The Kier molecular flexibility index (Phi) is 5.51. The van der Waals surface area contributed by atoms with Gasteiger partial charge in [-0.1, -0.05) is 30.3 Å². The number of rotatable bonds is 5. The molecular formula is C19H25N3OS. The first-order chi connectivity index (χ1) is 11.6. The number of nitrogens with zero attached hydrogens (tertiary/aromatic N) is 2. The van der Waals surface area contributed by atoms with Crippen molar-refractivity contribution in [2.24, 2.45) is 0 Å². The lowest BCUT2D eigenvalue weighted by atomic mass is 10.0. The monoisotopic (exact) mass is 343 g/mol. The average molecular weight is 343 g/mol. The molecule has 1 aliphatic rings. The number of hydrogen-bond acceptors (Lipinski definition) is 4.